The predicted molar refractivity (Wildman–Crippen MR) is 106 cm³/mol. The third-order valence-electron chi connectivity index (χ3n) is 5.45. The van der Waals surface area contributed by atoms with Crippen molar-refractivity contribution in [2.24, 2.45) is 0 Å². The number of benzene rings is 2. The Morgan fingerprint density at radius 2 is 2.10 bits per heavy atom. The molecule has 0 spiro atoms. The molecular formula is C20H17ClF2N4O2. The molecule has 0 bridgehead atoms. The fourth-order valence-electron chi connectivity index (χ4n) is 4.07. The zero-order chi connectivity index (χ0) is 20.3. The molecule has 3 heterocycles. The first-order valence-corrected chi connectivity index (χ1v) is 9.61. The highest BCUT2D eigenvalue weighted by atomic mass is 35.5. The number of nitrogens with one attached hydrogen (secondary N) is 1. The molecule has 3 aromatic rings. The molecule has 2 aliphatic rings. The van der Waals surface area contributed by atoms with Crippen LogP contribution in [0.5, 0.6) is 11.5 Å². The minimum atomic E-state index is -0.831. The number of fused-ring (bicyclic) bond motifs is 2. The molecule has 2 aromatic carbocycles. The summed E-state index contributed by atoms with van der Waals surface area (Å²) < 4.78 is 36.1. The third kappa shape index (κ3) is 2.70. The molecule has 0 aliphatic carbocycles. The summed E-state index contributed by atoms with van der Waals surface area (Å²) in [5, 5.41) is 13.8. The maximum atomic E-state index is 15.6. The fraction of sp³-hybridized carbons (Fsp3) is 0.300. The lowest BCUT2D eigenvalue weighted by atomic mass is 10.00. The second kappa shape index (κ2) is 6.67. The van der Waals surface area contributed by atoms with E-state index in [1.54, 1.807) is 0 Å². The minimum Gasteiger partial charge on any atom is -0.507 e. The van der Waals surface area contributed by atoms with Gasteiger partial charge in [-0.2, -0.15) is 0 Å². The van der Waals surface area contributed by atoms with Crippen LogP contribution in [0.3, 0.4) is 0 Å². The smallest absolute Gasteiger partial charge is 0.159 e. The van der Waals surface area contributed by atoms with Gasteiger partial charge in [-0.05, 0) is 19.1 Å². The molecule has 9 heteroatoms. The van der Waals surface area contributed by atoms with Crippen LogP contribution in [0.4, 0.5) is 14.6 Å². The van der Waals surface area contributed by atoms with E-state index < -0.39 is 17.4 Å². The highest BCUT2D eigenvalue weighted by molar-refractivity contribution is 6.36. The van der Waals surface area contributed by atoms with Gasteiger partial charge in [-0.25, -0.2) is 18.7 Å². The zero-order valence-electron chi connectivity index (χ0n) is 15.4. The Morgan fingerprint density at radius 3 is 2.90 bits per heavy atom. The van der Waals surface area contributed by atoms with Crippen molar-refractivity contribution in [3.63, 3.8) is 0 Å². The summed E-state index contributed by atoms with van der Waals surface area (Å²) >= 11 is 6.54. The van der Waals surface area contributed by atoms with E-state index in [-0.39, 0.29) is 39.5 Å². The van der Waals surface area contributed by atoms with Gasteiger partial charge < -0.3 is 20.1 Å². The van der Waals surface area contributed by atoms with Crippen molar-refractivity contribution in [2.75, 3.05) is 24.6 Å². The van der Waals surface area contributed by atoms with Crippen LogP contribution in [0, 0.1) is 11.6 Å². The number of aromatic hydroxyl groups is 1. The van der Waals surface area contributed by atoms with Gasteiger partial charge in [0.05, 0.1) is 22.0 Å². The minimum absolute atomic E-state index is 0.0267. The van der Waals surface area contributed by atoms with Crippen molar-refractivity contribution < 1.29 is 18.6 Å². The van der Waals surface area contributed by atoms with E-state index in [1.165, 1.54) is 18.5 Å². The van der Waals surface area contributed by atoms with Gasteiger partial charge in [-0.3, -0.25) is 0 Å². The van der Waals surface area contributed by atoms with E-state index in [0.29, 0.717) is 30.9 Å². The predicted octanol–water partition coefficient (Wildman–Crippen LogP) is 3.49. The molecule has 1 aromatic heterocycles. The van der Waals surface area contributed by atoms with Gasteiger partial charge in [0.25, 0.3) is 0 Å². The van der Waals surface area contributed by atoms with Gasteiger partial charge in [0.2, 0.25) is 0 Å². The molecule has 1 saturated heterocycles. The van der Waals surface area contributed by atoms with Gasteiger partial charge in [0.15, 0.2) is 11.6 Å². The van der Waals surface area contributed by atoms with Crippen molar-refractivity contribution in [3.05, 3.63) is 41.2 Å². The fourth-order valence-corrected chi connectivity index (χ4v) is 4.39. The summed E-state index contributed by atoms with van der Waals surface area (Å²) in [4.78, 5) is 10.6. The highest BCUT2D eigenvalue weighted by Gasteiger charge is 2.35. The van der Waals surface area contributed by atoms with Crippen LogP contribution in [0.2, 0.25) is 5.02 Å². The van der Waals surface area contributed by atoms with Gasteiger partial charge in [-0.15, -0.1) is 0 Å². The van der Waals surface area contributed by atoms with Crippen LogP contribution < -0.4 is 15.0 Å². The molecule has 0 amide bonds. The Labute approximate surface area is 170 Å². The van der Waals surface area contributed by atoms with Crippen molar-refractivity contribution in [2.45, 2.75) is 19.0 Å². The summed E-state index contributed by atoms with van der Waals surface area (Å²) in [6.07, 6.45) is 1.28. The molecule has 29 heavy (non-hydrogen) atoms. The first-order valence-electron chi connectivity index (χ1n) is 9.23. The number of anilines is 1. The molecule has 2 N–H and O–H groups in total. The number of nitrogens with zero attached hydrogens (tertiary/aromatic N) is 3. The summed E-state index contributed by atoms with van der Waals surface area (Å²) in [7, 11) is 0. The van der Waals surface area contributed by atoms with Crippen LogP contribution in [0.1, 0.15) is 6.92 Å². The number of piperazine rings is 1. The van der Waals surface area contributed by atoms with Crippen molar-refractivity contribution >= 4 is 28.3 Å². The van der Waals surface area contributed by atoms with Crippen LogP contribution in [0.15, 0.2) is 24.5 Å². The maximum Gasteiger partial charge on any atom is 0.159 e. The van der Waals surface area contributed by atoms with Crippen LogP contribution in [-0.4, -0.2) is 46.9 Å². The van der Waals surface area contributed by atoms with E-state index in [2.05, 4.69) is 27.1 Å². The second-order valence-electron chi connectivity index (χ2n) is 7.31. The Kier molecular flexibility index (Phi) is 4.22. The molecule has 1 fully saturated rings. The number of rotatable bonds is 1. The number of halogens is 3. The molecule has 0 radical (unpaired) electrons. The Bertz CT molecular complexity index is 1120. The number of hydrogen-bond acceptors (Lipinski definition) is 6. The molecule has 6 nitrogen and oxygen atoms in total. The quantitative estimate of drug-likeness (QED) is 0.630. The van der Waals surface area contributed by atoms with Gasteiger partial charge in [-0.1, -0.05) is 17.7 Å². The first-order chi connectivity index (χ1) is 14.0. The summed E-state index contributed by atoms with van der Waals surface area (Å²) in [5.74, 6) is -1.32. The Hall–Kier alpha value is -2.71. The number of phenols is 1. The number of hydrogen-bond donors (Lipinski definition) is 2. The number of aromatic nitrogens is 2. The SMILES string of the molecule is C[C@@H]1CN2c3ncnc4c(F)c(-c5c(O)cccc5F)c(Cl)c(c34)OC[C@@H]2CN1. The Morgan fingerprint density at radius 1 is 1.28 bits per heavy atom. The molecule has 2 atom stereocenters. The molecule has 2 aliphatic heterocycles. The summed E-state index contributed by atoms with van der Waals surface area (Å²) in [6.45, 7) is 3.68. The molecule has 0 unspecified atom stereocenters. The summed E-state index contributed by atoms with van der Waals surface area (Å²) in [5.41, 5.74) is -0.631. The standard InChI is InChI=1S/C20H17ClF2N4O2/c1-9-6-27-10(5-24-9)7-29-19-15-18(25-8-26-20(15)27)17(23)14(16(19)21)13-11(22)3-2-4-12(13)28/h2-4,8-10,24,28H,5-7H2,1H3/t9-,10+/m1/s1. The number of phenolic OH excluding ortho intramolecular Hbond substituents is 1. The molecule has 0 saturated carbocycles. The molecular weight excluding hydrogens is 402 g/mol. The zero-order valence-corrected chi connectivity index (χ0v) is 16.2. The van der Waals surface area contributed by atoms with E-state index >= 15 is 4.39 Å². The maximum absolute atomic E-state index is 15.6. The van der Waals surface area contributed by atoms with Crippen LogP contribution in [0.25, 0.3) is 22.0 Å². The average Bonchev–Trinajstić information content (AvgIpc) is 2.86. The van der Waals surface area contributed by atoms with Crippen molar-refractivity contribution in [3.8, 4) is 22.6 Å². The molecule has 150 valence electrons. The van der Waals surface area contributed by atoms with Crippen LogP contribution >= 0.6 is 11.6 Å². The average molecular weight is 419 g/mol. The second-order valence-corrected chi connectivity index (χ2v) is 7.69. The normalized spacial score (nSPS) is 20.9. The van der Waals surface area contributed by atoms with Gasteiger partial charge in [0, 0.05) is 24.7 Å². The van der Waals surface area contributed by atoms with Gasteiger partial charge in [0.1, 0.15) is 35.8 Å². The topological polar surface area (TPSA) is 70.5 Å². The highest BCUT2D eigenvalue weighted by Crippen LogP contribution is 2.49. The van der Waals surface area contributed by atoms with E-state index in [4.69, 9.17) is 16.3 Å². The first kappa shape index (κ1) is 18.3. The monoisotopic (exact) mass is 418 g/mol. The third-order valence-corrected chi connectivity index (χ3v) is 5.81. The number of ether oxygens (including phenoxy) is 1. The Balaban J connectivity index is 1.83. The van der Waals surface area contributed by atoms with Gasteiger partial charge >= 0.3 is 0 Å². The molecule has 5 rings (SSSR count). The van der Waals surface area contributed by atoms with Crippen molar-refractivity contribution in [1.82, 2.24) is 15.3 Å². The van der Waals surface area contributed by atoms with E-state index in [9.17, 15) is 9.50 Å². The lowest BCUT2D eigenvalue weighted by molar-refractivity contribution is 0.263. The lowest BCUT2D eigenvalue weighted by Crippen LogP contribution is -2.57. The van der Waals surface area contributed by atoms with Crippen molar-refractivity contribution in [1.29, 1.82) is 0 Å². The van der Waals surface area contributed by atoms with E-state index in [1.807, 2.05) is 0 Å². The lowest BCUT2D eigenvalue weighted by Gasteiger charge is -2.38. The van der Waals surface area contributed by atoms with E-state index in [0.717, 1.165) is 6.07 Å². The largest absolute Gasteiger partial charge is 0.507 e. The summed E-state index contributed by atoms with van der Waals surface area (Å²) in [6, 6.07) is 3.93. The van der Waals surface area contributed by atoms with Crippen LogP contribution in [-0.2, 0) is 0 Å².